The number of nitrogens with zero attached hydrogens (tertiary/aromatic N) is 3. The Kier molecular flexibility index (Phi) is 3.53. The van der Waals surface area contributed by atoms with Crippen LogP contribution in [0.25, 0.3) is 0 Å². The molecule has 15 heavy (non-hydrogen) atoms. The van der Waals surface area contributed by atoms with Crippen LogP contribution < -0.4 is 0 Å². The zero-order chi connectivity index (χ0) is 10.7. The lowest BCUT2D eigenvalue weighted by Crippen LogP contribution is -2.03. The summed E-state index contributed by atoms with van der Waals surface area (Å²) >= 11 is 6.79. The molecule has 2 aromatic heterocycles. The second-order valence-electron chi connectivity index (χ2n) is 3.12. The highest BCUT2D eigenvalue weighted by Crippen LogP contribution is 2.16. The summed E-state index contributed by atoms with van der Waals surface area (Å²) in [6.07, 6.45) is 4.57. The topological polar surface area (TPSA) is 30.7 Å². The summed E-state index contributed by atoms with van der Waals surface area (Å²) in [5.41, 5.74) is 1.27. The van der Waals surface area contributed by atoms with Gasteiger partial charge in [0, 0.05) is 25.0 Å². The van der Waals surface area contributed by atoms with Gasteiger partial charge in [0.1, 0.15) is 9.21 Å². The van der Waals surface area contributed by atoms with Gasteiger partial charge in [0.15, 0.2) is 0 Å². The monoisotopic (exact) mass is 329 g/mol. The predicted octanol–water partition coefficient (Wildman–Crippen LogP) is 3.05. The smallest absolute Gasteiger partial charge is 0.129 e. The molecular weight excluding hydrogens is 322 g/mol. The third-order valence-electron chi connectivity index (χ3n) is 2.06. The molecule has 5 heteroatoms. The molecule has 0 saturated carbocycles. The van der Waals surface area contributed by atoms with Crippen molar-refractivity contribution in [3.63, 3.8) is 0 Å². The van der Waals surface area contributed by atoms with Crippen molar-refractivity contribution in [3.05, 3.63) is 45.4 Å². The molecule has 78 valence electrons. The van der Waals surface area contributed by atoms with E-state index in [1.165, 1.54) is 5.56 Å². The van der Waals surface area contributed by atoms with E-state index >= 15 is 0 Å². The van der Waals surface area contributed by atoms with Gasteiger partial charge in [0.05, 0.1) is 0 Å². The highest BCUT2D eigenvalue weighted by atomic mass is 79.9. The fourth-order valence-electron chi connectivity index (χ4n) is 1.31. The second-order valence-corrected chi connectivity index (χ2v) is 4.74. The van der Waals surface area contributed by atoms with Crippen LogP contribution in [0.2, 0.25) is 0 Å². The van der Waals surface area contributed by atoms with Gasteiger partial charge in [-0.15, -0.1) is 0 Å². The zero-order valence-corrected chi connectivity index (χ0v) is 11.1. The van der Waals surface area contributed by atoms with Gasteiger partial charge in [-0.2, -0.15) is 5.10 Å². The predicted molar refractivity (Wildman–Crippen MR) is 65.6 cm³/mol. The Bertz CT molecular complexity index is 439. The summed E-state index contributed by atoms with van der Waals surface area (Å²) in [6, 6.07) is 5.98. The Morgan fingerprint density at radius 2 is 1.93 bits per heavy atom. The van der Waals surface area contributed by atoms with E-state index in [9.17, 15) is 0 Å². The van der Waals surface area contributed by atoms with Gasteiger partial charge >= 0.3 is 0 Å². The van der Waals surface area contributed by atoms with E-state index in [-0.39, 0.29) is 0 Å². The Labute approximate surface area is 105 Å². The summed E-state index contributed by atoms with van der Waals surface area (Å²) in [5.74, 6) is 0. The van der Waals surface area contributed by atoms with Crippen LogP contribution in [0, 0.1) is 0 Å². The minimum atomic E-state index is 0.851. The molecule has 0 aromatic carbocycles. The Morgan fingerprint density at radius 3 is 2.53 bits per heavy atom. The van der Waals surface area contributed by atoms with Crippen LogP contribution in [0.5, 0.6) is 0 Å². The molecule has 0 aliphatic rings. The van der Waals surface area contributed by atoms with Crippen molar-refractivity contribution in [1.82, 2.24) is 14.8 Å². The molecule has 0 radical (unpaired) electrons. The average molecular weight is 331 g/mol. The zero-order valence-electron chi connectivity index (χ0n) is 7.90. The first-order chi connectivity index (χ1) is 7.25. The first-order valence-corrected chi connectivity index (χ1v) is 6.12. The maximum Gasteiger partial charge on any atom is 0.129 e. The molecule has 2 rings (SSSR count). The SMILES string of the molecule is Brc1cc(Br)n(CCc2ccncc2)n1. The highest BCUT2D eigenvalue weighted by Gasteiger charge is 2.02. The molecule has 0 bridgehead atoms. The number of hydrogen-bond acceptors (Lipinski definition) is 2. The largest absolute Gasteiger partial charge is 0.265 e. The van der Waals surface area contributed by atoms with Crippen molar-refractivity contribution in [2.75, 3.05) is 0 Å². The molecule has 0 saturated heterocycles. The third-order valence-corrected chi connectivity index (χ3v) is 3.09. The maximum absolute atomic E-state index is 4.30. The van der Waals surface area contributed by atoms with Gasteiger partial charge in [-0.1, -0.05) is 0 Å². The Balaban J connectivity index is 2.02. The van der Waals surface area contributed by atoms with Crippen LogP contribution in [-0.2, 0) is 13.0 Å². The molecule has 0 N–H and O–H groups in total. The number of rotatable bonds is 3. The van der Waals surface area contributed by atoms with E-state index in [2.05, 4.69) is 41.9 Å². The molecule has 0 aliphatic heterocycles. The van der Waals surface area contributed by atoms with E-state index in [1.54, 1.807) is 0 Å². The fourth-order valence-corrected chi connectivity index (χ4v) is 2.49. The quantitative estimate of drug-likeness (QED) is 0.866. The lowest BCUT2D eigenvalue weighted by molar-refractivity contribution is 0.599. The summed E-state index contributed by atoms with van der Waals surface area (Å²) in [6.45, 7) is 0.857. The normalized spacial score (nSPS) is 10.5. The molecule has 2 heterocycles. The van der Waals surface area contributed by atoms with Crippen molar-refractivity contribution in [1.29, 1.82) is 0 Å². The molecule has 2 aromatic rings. The van der Waals surface area contributed by atoms with Crippen LogP contribution in [0.1, 0.15) is 5.56 Å². The van der Waals surface area contributed by atoms with E-state index < -0.39 is 0 Å². The molecule has 0 atom stereocenters. The molecular formula is C10H9Br2N3. The van der Waals surface area contributed by atoms with Crippen molar-refractivity contribution >= 4 is 31.9 Å². The molecule has 0 aliphatic carbocycles. The molecule has 0 spiro atoms. The van der Waals surface area contributed by atoms with E-state index in [0.717, 1.165) is 22.2 Å². The summed E-state index contributed by atoms with van der Waals surface area (Å²) in [7, 11) is 0. The lowest BCUT2D eigenvalue weighted by atomic mass is 10.2. The number of aryl methyl sites for hydroxylation is 2. The number of halogens is 2. The van der Waals surface area contributed by atoms with Gasteiger partial charge < -0.3 is 0 Å². The molecule has 0 amide bonds. The average Bonchev–Trinajstić information content (AvgIpc) is 2.56. The summed E-state index contributed by atoms with van der Waals surface area (Å²) < 4.78 is 3.76. The van der Waals surface area contributed by atoms with E-state index in [0.29, 0.717) is 0 Å². The van der Waals surface area contributed by atoms with E-state index in [4.69, 9.17) is 0 Å². The van der Waals surface area contributed by atoms with Crippen LogP contribution in [-0.4, -0.2) is 14.8 Å². The van der Waals surface area contributed by atoms with Gasteiger partial charge in [0.2, 0.25) is 0 Å². The van der Waals surface area contributed by atoms with Crippen molar-refractivity contribution in [3.8, 4) is 0 Å². The van der Waals surface area contributed by atoms with Crippen LogP contribution in [0.15, 0.2) is 39.8 Å². The molecule has 0 unspecified atom stereocenters. The highest BCUT2D eigenvalue weighted by molar-refractivity contribution is 9.11. The van der Waals surface area contributed by atoms with Crippen LogP contribution in [0.4, 0.5) is 0 Å². The lowest BCUT2D eigenvalue weighted by Gasteiger charge is -2.02. The first kappa shape index (κ1) is 10.8. The maximum atomic E-state index is 4.30. The van der Waals surface area contributed by atoms with Gasteiger partial charge in [-0.25, -0.2) is 0 Å². The summed E-state index contributed by atoms with van der Waals surface area (Å²) in [5, 5.41) is 4.30. The van der Waals surface area contributed by atoms with Gasteiger partial charge in [-0.05, 0) is 56.0 Å². The van der Waals surface area contributed by atoms with Crippen LogP contribution >= 0.6 is 31.9 Å². The van der Waals surface area contributed by atoms with Crippen molar-refractivity contribution in [2.45, 2.75) is 13.0 Å². The summed E-state index contributed by atoms with van der Waals surface area (Å²) in [4.78, 5) is 3.98. The van der Waals surface area contributed by atoms with Crippen LogP contribution in [0.3, 0.4) is 0 Å². The van der Waals surface area contributed by atoms with Gasteiger partial charge in [0.25, 0.3) is 0 Å². The number of aromatic nitrogens is 3. The third kappa shape index (κ3) is 2.89. The molecule has 0 fully saturated rings. The standard InChI is InChI=1S/C10H9Br2N3/c11-9-7-10(12)15(14-9)6-3-8-1-4-13-5-2-8/h1-2,4-5,7H,3,6H2. The van der Waals surface area contributed by atoms with Crippen molar-refractivity contribution < 1.29 is 0 Å². The second kappa shape index (κ2) is 4.90. The Morgan fingerprint density at radius 1 is 1.20 bits per heavy atom. The minimum Gasteiger partial charge on any atom is -0.265 e. The van der Waals surface area contributed by atoms with Gasteiger partial charge in [-0.3, -0.25) is 9.67 Å². The Hall–Kier alpha value is -0.680. The van der Waals surface area contributed by atoms with E-state index in [1.807, 2.05) is 35.3 Å². The molecule has 3 nitrogen and oxygen atoms in total. The first-order valence-electron chi connectivity index (χ1n) is 4.53. The fraction of sp³-hybridized carbons (Fsp3) is 0.200. The minimum absolute atomic E-state index is 0.851. The number of pyridine rings is 1. The number of hydrogen-bond donors (Lipinski definition) is 0. The van der Waals surface area contributed by atoms with Crippen molar-refractivity contribution in [2.24, 2.45) is 0 Å².